The Hall–Kier alpha value is -4.52. The number of anilines is 1. The van der Waals surface area contributed by atoms with Crippen molar-refractivity contribution >= 4 is 46.9 Å². The van der Waals surface area contributed by atoms with E-state index in [1.165, 1.54) is 55.6 Å². The highest BCUT2D eigenvalue weighted by atomic mass is 35.5. The summed E-state index contributed by atoms with van der Waals surface area (Å²) in [5.41, 5.74) is -3.25. The first-order chi connectivity index (χ1) is 28.1. The molecule has 60 heavy (non-hydrogen) atoms. The zero-order chi connectivity index (χ0) is 44.6. The van der Waals surface area contributed by atoms with Crippen molar-refractivity contribution in [2.24, 2.45) is 5.41 Å². The van der Waals surface area contributed by atoms with Gasteiger partial charge in [0.25, 0.3) is 0 Å². The fraction of sp³-hybridized carbons (Fsp3) is 0.500. The zero-order valence-electron chi connectivity index (χ0n) is 35.3. The minimum atomic E-state index is -1.84. The number of methoxy groups -OCH3 is 2. The van der Waals surface area contributed by atoms with Gasteiger partial charge in [0, 0.05) is 36.1 Å². The maximum absolute atomic E-state index is 16.1. The minimum absolute atomic E-state index is 0.00422. The molecule has 3 aromatic rings. The van der Waals surface area contributed by atoms with Gasteiger partial charge in [0.2, 0.25) is 12.7 Å². The number of halogens is 4. The van der Waals surface area contributed by atoms with Gasteiger partial charge in [-0.05, 0) is 87.9 Å². The molecule has 0 aliphatic carbocycles. The largest absolute Gasteiger partial charge is 0.511 e. The van der Waals surface area contributed by atoms with Gasteiger partial charge >= 0.3 is 12.1 Å². The van der Waals surface area contributed by atoms with E-state index in [9.17, 15) is 19.6 Å². The van der Waals surface area contributed by atoms with Crippen LogP contribution >= 0.6 is 23.2 Å². The van der Waals surface area contributed by atoms with Gasteiger partial charge < -0.3 is 39.1 Å². The number of rotatable bonds is 17. The molecule has 4 atom stereocenters. The van der Waals surface area contributed by atoms with Gasteiger partial charge in [-0.3, -0.25) is 4.79 Å². The van der Waals surface area contributed by atoms with Crippen LogP contribution < -0.4 is 15.4 Å². The van der Waals surface area contributed by atoms with E-state index in [1.807, 2.05) is 48.5 Å². The van der Waals surface area contributed by atoms with Crippen molar-refractivity contribution in [1.29, 1.82) is 5.26 Å². The second-order valence-corrected chi connectivity index (χ2v) is 17.8. The molecule has 326 valence electrons. The molecule has 1 saturated heterocycles. The first-order valence-corrected chi connectivity index (χ1v) is 20.0. The van der Waals surface area contributed by atoms with Crippen LogP contribution in [0, 0.1) is 28.4 Å². The molecule has 16 heteroatoms. The molecular weight excluding hydrogens is 823 g/mol. The summed E-state index contributed by atoms with van der Waals surface area (Å²) >= 11 is 12.4. The first-order valence-electron chi connectivity index (χ1n) is 19.3. The van der Waals surface area contributed by atoms with Crippen LogP contribution in [0.4, 0.5) is 19.3 Å². The van der Waals surface area contributed by atoms with Crippen LogP contribution in [-0.2, 0) is 33.9 Å². The number of hydrogen-bond donors (Lipinski definition) is 2. The van der Waals surface area contributed by atoms with E-state index in [2.05, 4.69) is 16.7 Å². The fourth-order valence-corrected chi connectivity index (χ4v) is 7.41. The Morgan fingerprint density at radius 1 is 0.900 bits per heavy atom. The Kier molecular flexibility index (Phi) is 16.0. The van der Waals surface area contributed by atoms with Gasteiger partial charge in [-0.25, -0.2) is 18.4 Å². The fourth-order valence-electron chi connectivity index (χ4n) is 7.07. The number of benzene rings is 3. The molecule has 4 unspecified atom stereocenters. The van der Waals surface area contributed by atoms with Crippen molar-refractivity contribution in [3.05, 3.63) is 93.0 Å². The van der Waals surface area contributed by atoms with Gasteiger partial charge in [0.05, 0.1) is 59.9 Å². The van der Waals surface area contributed by atoms with E-state index in [0.29, 0.717) is 19.4 Å². The van der Waals surface area contributed by atoms with Crippen molar-refractivity contribution < 1.29 is 51.6 Å². The lowest BCUT2D eigenvalue weighted by Gasteiger charge is -2.37. The third-order valence-corrected chi connectivity index (χ3v) is 11.0. The molecule has 3 aromatic carbocycles. The Bertz CT molecular complexity index is 2070. The molecule has 4 rings (SSSR count). The van der Waals surface area contributed by atoms with Crippen molar-refractivity contribution in [2.45, 2.75) is 102 Å². The monoisotopic (exact) mass is 875 g/mol. The summed E-state index contributed by atoms with van der Waals surface area (Å²) in [6.45, 7) is 13.1. The Morgan fingerprint density at radius 3 is 2.23 bits per heavy atom. The van der Waals surface area contributed by atoms with Crippen LogP contribution in [0.2, 0.25) is 10.0 Å². The third kappa shape index (κ3) is 11.9. The molecule has 1 aliphatic rings. The maximum Gasteiger partial charge on any atom is 0.511 e. The number of carbonyl (C=O) groups is 3. The van der Waals surface area contributed by atoms with E-state index in [1.54, 1.807) is 7.11 Å². The molecule has 0 spiro atoms. The van der Waals surface area contributed by atoms with Crippen molar-refractivity contribution in [3.8, 4) is 11.8 Å². The molecule has 0 saturated carbocycles. The molecule has 12 nitrogen and oxygen atoms in total. The van der Waals surface area contributed by atoms with Gasteiger partial charge in [-0.15, -0.1) is 0 Å². The Balaban J connectivity index is 1.50. The van der Waals surface area contributed by atoms with E-state index in [4.69, 9.17) is 51.6 Å². The summed E-state index contributed by atoms with van der Waals surface area (Å²) in [4.78, 5) is 39.5. The van der Waals surface area contributed by atoms with Crippen molar-refractivity contribution in [3.63, 3.8) is 0 Å². The lowest BCUT2D eigenvalue weighted by Crippen LogP contribution is -2.45. The molecule has 1 fully saturated rings. The molecule has 0 aromatic heterocycles. The summed E-state index contributed by atoms with van der Waals surface area (Å²) in [6, 6.07) is 12.3. The number of carbonyl (C=O) groups excluding carboxylic acids is 3. The highest BCUT2D eigenvalue weighted by Crippen LogP contribution is 2.53. The standard InChI is InChI=1S/C44H53Cl2F2N3O9/c1-41(2,3)23-34-44(24-49,29-15-14-27(45)22-31(29)47)35(28-11-10-12-30(46)36(28)48)37(51-34)38(52)50-32-16-13-26(21-33(32)55-8)39(53)58-25-59-40(54)57-19-17-43(6,7)60-20-18-42(4,5)56-9/h10-16,21-22,34-35,37,51H,17-20,23,25H2,1-9H3,(H,50,52). The summed E-state index contributed by atoms with van der Waals surface area (Å²) in [7, 11) is 2.95. The van der Waals surface area contributed by atoms with E-state index >= 15 is 8.78 Å². The Morgan fingerprint density at radius 2 is 1.60 bits per heavy atom. The van der Waals surface area contributed by atoms with Gasteiger partial charge in [-0.1, -0.05) is 62.2 Å². The number of ether oxygens (including phenoxy) is 6. The van der Waals surface area contributed by atoms with Crippen LogP contribution in [-0.4, -0.2) is 75.5 Å². The average Bonchev–Trinajstić information content (AvgIpc) is 3.48. The molecule has 1 heterocycles. The topological polar surface area (TPSA) is 154 Å². The van der Waals surface area contributed by atoms with Gasteiger partial charge in [-0.2, -0.15) is 5.26 Å². The highest BCUT2D eigenvalue weighted by molar-refractivity contribution is 6.31. The zero-order valence-corrected chi connectivity index (χ0v) is 36.8. The van der Waals surface area contributed by atoms with Gasteiger partial charge in [0.1, 0.15) is 22.8 Å². The normalized spacial score (nSPS) is 19.3. The number of esters is 1. The highest BCUT2D eigenvalue weighted by Gasteiger charge is 2.61. The number of nitriles is 1. The number of nitrogens with zero attached hydrogens (tertiary/aromatic N) is 1. The SMILES string of the molecule is COc1cc(C(=O)OCOC(=O)OCCC(C)(C)OCCC(C)(C)OC)ccc1NC(=O)C1NC(CC(C)(C)C)C(C#N)(c2ccc(Cl)cc2F)C1c1cccc(Cl)c1F. The number of amides is 1. The molecule has 0 radical (unpaired) electrons. The van der Waals surface area contributed by atoms with Crippen LogP contribution in [0.5, 0.6) is 5.75 Å². The maximum atomic E-state index is 16.1. The van der Waals surface area contributed by atoms with Crippen LogP contribution in [0.15, 0.2) is 54.6 Å². The van der Waals surface area contributed by atoms with Crippen molar-refractivity contribution in [2.75, 3.05) is 39.5 Å². The number of hydrogen-bond acceptors (Lipinski definition) is 11. The predicted molar refractivity (Wildman–Crippen MR) is 222 cm³/mol. The second kappa shape index (κ2) is 19.9. The lowest BCUT2D eigenvalue weighted by molar-refractivity contribution is -0.118. The first kappa shape index (κ1) is 48.1. The molecule has 1 aliphatic heterocycles. The average molecular weight is 877 g/mol. The molecule has 1 amide bonds. The lowest BCUT2D eigenvalue weighted by atomic mass is 9.62. The van der Waals surface area contributed by atoms with Gasteiger partial charge in [0.15, 0.2) is 0 Å². The van der Waals surface area contributed by atoms with Crippen molar-refractivity contribution in [1.82, 2.24) is 5.32 Å². The molecule has 2 N–H and O–H groups in total. The van der Waals surface area contributed by atoms with E-state index < -0.39 is 70.9 Å². The summed E-state index contributed by atoms with van der Waals surface area (Å²) in [5, 5.41) is 17.0. The summed E-state index contributed by atoms with van der Waals surface area (Å²) < 4.78 is 64.0. The quantitative estimate of drug-likeness (QED) is 0.0985. The second-order valence-electron chi connectivity index (χ2n) is 17.0. The summed E-state index contributed by atoms with van der Waals surface area (Å²) in [6.07, 6.45) is 0.279. The van der Waals surface area contributed by atoms with Crippen LogP contribution in [0.3, 0.4) is 0 Å². The van der Waals surface area contributed by atoms with Crippen LogP contribution in [0.25, 0.3) is 0 Å². The van der Waals surface area contributed by atoms with E-state index in [0.717, 1.165) is 6.07 Å². The minimum Gasteiger partial charge on any atom is -0.495 e. The molecular formula is C44H53Cl2F2N3O9. The third-order valence-electron chi connectivity index (χ3n) is 10.5. The smallest absolute Gasteiger partial charge is 0.495 e. The van der Waals surface area contributed by atoms with E-state index in [-0.39, 0.29) is 56.8 Å². The Labute approximate surface area is 360 Å². The van der Waals surface area contributed by atoms with Crippen LogP contribution in [0.1, 0.15) is 95.1 Å². The predicted octanol–water partition coefficient (Wildman–Crippen LogP) is 9.51. The number of nitrogens with one attached hydrogen (secondary N) is 2. The summed E-state index contributed by atoms with van der Waals surface area (Å²) in [5.74, 6) is -4.52. The molecule has 0 bridgehead atoms.